The normalized spacial score (nSPS) is 26.9. The minimum absolute atomic E-state index is 0.0203. The van der Waals surface area contributed by atoms with Crippen molar-refractivity contribution in [2.24, 2.45) is 27.2 Å². The number of carbonyl (C=O) groups excluding carboxylic acids is 1. The number of fused-ring (bicyclic) bond motifs is 1. The second kappa shape index (κ2) is 6.35. The van der Waals surface area contributed by atoms with Crippen molar-refractivity contribution in [3.8, 4) is 0 Å². The lowest BCUT2D eigenvalue weighted by atomic mass is 9.70. The Balaban J connectivity index is 2.03. The number of carbonyl (C=O) groups is 1. The molecule has 152 valence electrons. The van der Waals surface area contributed by atoms with Crippen LogP contribution < -0.4 is 5.32 Å². The van der Waals surface area contributed by atoms with Gasteiger partial charge in [-0.25, -0.2) is 0 Å². The monoisotopic (exact) mass is 373 g/mol. The van der Waals surface area contributed by atoms with Crippen LogP contribution in [0, 0.1) is 22.2 Å². The molecule has 0 aromatic carbocycles. The van der Waals surface area contributed by atoms with Crippen LogP contribution in [0.25, 0.3) is 0 Å². The smallest absolute Gasteiger partial charge is 0.223 e. The number of rotatable bonds is 2. The summed E-state index contributed by atoms with van der Waals surface area (Å²) in [6, 6.07) is 0.368. The third kappa shape index (κ3) is 4.09. The van der Waals surface area contributed by atoms with Crippen LogP contribution in [0.2, 0.25) is 0 Å². The predicted octanol–water partition coefficient (Wildman–Crippen LogP) is 4.76. The van der Waals surface area contributed by atoms with Crippen LogP contribution in [-0.4, -0.2) is 35.3 Å². The van der Waals surface area contributed by atoms with Gasteiger partial charge < -0.3 is 10.2 Å². The average Bonchev–Trinajstić information content (AvgIpc) is 3.23. The summed E-state index contributed by atoms with van der Waals surface area (Å²) in [5.41, 5.74) is 2.95. The van der Waals surface area contributed by atoms with E-state index in [2.05, 4.69) is 72.5 Å². The maximum Gasteiger partial charge on any atom is 0.223 e. The molecule has 2 atom stereocenters. The van der Waals surface area contributed by atoms with Crippen LogP contribution in [0.3, 0.4) is 0 Å². The standard InChI is InChI=1S/C23H39N3O/c1-21(2,3)17-16-12-15(24-19(27)14-10-11-14)13-26(16)20(23(7,8)9)25-18(17)22(4,5)6/h14-15,18H,10-13H2,1-9H3,(H,24,27). The number of nitrogens with zero attached hydrogens (tertiary/aromatic N) is 2. The molecule has 3 aliphatic rings. The summed E-state index contributed by atoms with van der Waals surface area (Å²) in [5, 5.41) is 3.32. The number of aliphatic imine (C=N–C) groups is 1. The van der Waals surface area contributed by atoms with Crippen molar-refractivity contribution in [2.45, 2.75) is 93.7 Å². The molecule has 2 unspecified atom stereocenters. The second-order valence-corrected chi connectivity index (χ2v) is 11.9. The Kier molecular flexibility index (Phi) is 4.80. The molecule has 1 saturated heterocycles. The zero-order valence-electron chi connectivity index (χ0n) is 18.9. The van der Waals surface area contributed by atoms with E-state index in [1.807, 2.05) is 0 Å². The molecule has 1 saturated carbocycles. The van der Waals surface area contributed by atoms with Crippen molar-refractivity contribution in [2.75, 3.05) is 6.54 Å². The van der Waals surface area contributed by atoms with Crippen molar-refractivity contribution in [3.63, 3.8) is 0 Å². The molecular formula is C23H39N3O. The first-order valence-electron chi connectivity index (χ1n) is 10.6. The van der Waals surface area contributed by atoms with Gasteiger partial charge in [-0.05, 0) is 29.2 Å². The van der Waals surface area contributed by atoms with Gasteiger partial charge in [0, 0.05) is 30.0 Å². The summed E-state index contributed by atoms with van der Waals surface area (Å²) in [4.78, 5) is 20.2. The number of hydrogen-bond acceptors (Lipinski definition) is 3. The van der Waals surface area contributed by atoms with Gasteiger partial charge in [0.25, 0.3) is 0 Å². The highest BCUT2D eigenvalue weighted by atomic mass is 16.2. The van der Waals surface area contributed by atoms with Gasteiger partial charge in [0.2, 0.25) is 5.91 Å². The van der Waals surface area contributed by atoms with Gasteiger partial charge in [-0.1, -0.05) is 62.3 Å². The fraction of sp³-hybridized carbons (Fsp3) is 0.826. The van der Waals surface area contributed by atoms with E-state index < -0.39 is 0 Å². The van der Waals surface area contributed by atoms with Crippen molar-refractivity contribution >= 4 is 11.7 Å². The summed E-state index contributed by atoms with van der Waals surface area (Å²) in [7, 11) is 0. The van der Waals surface area contributed by atoms with Crippen molar-refractivity contribution in [3.05, 3.63) is 11.3 Å². The maximum atomic E-state index is 12.4. The fourth-order valence-corrected chi connectivity index (χ4v) is 4.45. The van der Waals surface area contributed by atoms with E-state index in [-0.39, 0.29) is 40.2 Å². The number of amidine groups is 1. The Morgan fingerprint density at radius 3 is 2.04 bits per heavy atom. The van der Waals surface area contributed by atoms with Crippen LogP contribution in [0.15, 0.2) is 16.3 Å². The van der Waals surface area contributed by atoms with E-state index in [9.17, 15) is 4.79 Å². The van der Waals surface area contributed by atoms with Gasteiger partial charge >= 0.3 is 0 Å². The van der Waals surface area contributed by atoms with E-state index in [0.29, 0.717) is 0 Å². The molecule has 0 aromatic heterocycles. The van der Waals surface area contributed by atoms with Crippen LogP contribution in [0.4, 0.5) is 0 Å². The van der Waals surface area contributed by atoms with Crippen molar-refractivity contribution in [1.82, 2.24) is 10.2 Å². The molecule has 0 aromatic rings. The number of amides is 1. The highest BCUT2D eigenvalue weighted by Gasteiger charge is 2.47. The zero-order chi connectivity index (χ0) is 20.4. The molecule has 0 spiro atoms. The topological polar surface area (TPSA) is 44.7 Å². The second-order valence-electron chi connectivity index (χ2n) is 11.9. The van der Waals surface area contributed by atoms with Gasteiger partial charge in [0.1, 0.15) is 5.84 Å². The lowest BCUT2D eigenvalue weighted by Gasteiger charge is -2.45. The average molecular weight is 374 g/mol. The molecule has 1 aliphatic carbocycles. The van der Waals surface area contributed by atoms with Crippen LogP contribution in [-0.2, 0) is 4.79 Å². The first-order valence-corrected chi connectivity index (χ1v) is 10.6. The van der Waals surface area contributed by atoms with E-state index >= 15 is 0 Å². The molecule has 4 heteroatoms. The van der Waals surface area contributed by atoms with Gasteiger partial charge in [0.15, 0.2) is 0 Å². The van der Waals surface area contributed by atoms with Gasteiger partial charge in [-0.2, -0.15) is 0 Å². The molecule has 1 N–H and O–H groups in total. The van der Waals surface area contributed by atoms with Crippen LogP contribution in [0.5, 0.6) is 0 Å². The number of hydrogen-bond donors (Lipinski definition) is 1. The third-order valence-corrected chi connectivity index (χ3v) is 5.85. The molecule has 27 heavy (non-hydrogen) atoms. The lowest BCUT2D eigenvalue weighted by Crippen LogP contribution is -2.47. The molecule has 0 radical (unpaired) electrons. The molecule has 4 nitrogen and oxygen atoms in total. The highest BCUT2D eigenvalue weighted by molar-refractivity contribution is 5.91. The molecule has 1 amide bonds. The quantitative estimate of drug-likeness (QED) is 0.758. The number of nitrogens with one attached hydrogen (secondary N) is 1. The van der Waals surface area contributed by atoms with E-state index in [4.69, 9.17) is 4.99 Å². The molecule has 2 aliphatic heterocycles. The van der Waals surface area contributed by atoms with E-state index in [1.165, 1.54) is 17.1 Å². The summed E-state index contributed by atoms with van der Waals surface area (Å²) in [6.07, 6.45) is 3.03. The summed E-state index contributed by atoms with van der Waals surface area (Å²) < 4.78 is 0. The van der Waals surface area contributed by atoms with Crippen LogP contribution in [0.1, 0.15) is 81.6 Å². The Hall–Kier alpha value is -1.32. The lowest BCUT2D eigenvalue weighted by molar-refractivity contribution is -0.122. The Labute approximate surface area is 165 Å². The summed E-state index contributed by atoms with van der Waals surface area (Å²) in [5.74, 6) is 1.68. The minimum Gasteiger partial charge on any atom is -0.351 e. The SMILES string of the molecule is CC(C)(C)C1=NC(C(C)(C)C)C(C(C)(C)C)=C2CC(NC(=O)C3CC3)CN12. The summed E-state index contributed by atoms with van der Waals surface area (Å²) >= 11 is 0. The van der Waals surface area contributed by atoms with Crippen molar-refractivity contribution < 1.29 is 4.79 Å². The van der Waals surface area contributed by atoms with Crippen molar-refractivity contribution in [1.29, 1.82) is 0 Å². The van der Waals surface area contributed by atoms with E-state index in [1.54, 1.807) is 0 Å². The highest BCUT2D eigenvalue weighted by Crippen LogP contribution is 2.47. The fourth-order valence-electron chi connectivity index (χ4n) is 4.45. The molecular weight excluding hydrogens is 334 g/mol. The Morgan fingerprint density at radius 2 is 1.59 bits per heavy atom. The molecule has 2 fully saturated rings. The van der Waals surface area contributed by atoms with Crippen LogP contribution >= 0.6 is 0 Å². The molecule has 0 bridgehead atoms. The largest absolute Gasteiger partial charge is 0.351 e. The summed E-state index contributed by atoms with van der Waals surface area (Å²) in [6.45, 7) is 21.4. The van der Waals surface area contributed by atoms with E-state index in [0.717, 1.165) is 25.8 Å². The van der Waals surface area contributed by atoms with Gasteiger partial charge in [-0.3, -0.25) is 9.79 Å². The first kappa shape index (κ1) is 20.4. The maximum absolute atomic E-state index is 12.4. The molecule has 2 heterocycles. The van der Waals surface area contributed by atoms with Gasteiger partial charge in [-0.15, -0.1) is 0 Å². The third-order valence-electron chi connectivity index (χ3n) is 5.85. The minimum atomic E-state index is -0.0203. The van der Waals surface area contributed by atoms with Gasteiger partial charge in [0.05, 0.1) is 12.1 Å². The first-order chi connectivity index (χ1) is 12.2. The Morgan fingerprint density at radius 1 is 1.00 bits per heavy atom. The zero-order valence-corrected chi connectivity index (χ0v) is 18.9. The molecule has 3 rings (SSSR count). The Bertz CT molecular complexity index is 678. The predicted molar refractivity (Wildman–Crippen MR) is 113 cm³/mol.